The molecule has 0 bridgehead atoms. The maximum absolute atomic E-state index is 12.2. The fourth-order valence-corrected chi connectivity index (χ4v) is 1.94. The quantitative estimate of drug-likeness (QED) is 0.835. The molecule has 0 atom stereocenters. The summed E-state index contributed by atoms with van der Waals surface area (Å²) in [5.74, 6) is 0.0288. The number of halogens is 1. The summed E-state index contributed by atoms with van der Waals surface area (Å²) in [5.41, 5.74) is 1.70. The number of hydrogen-bond donors (Lipinski definition) is 0. The minimum absolute atomic E-state index is 0.0288. The second-order valence-corrected chi connectivity index (χ2v) is 5.41. The minimum Gasteiger partial charge on any atom is -0.377 e. The van der Waals surface area contributed by atoms with Crippen molar-refractivity contribution in [3.05, 3.63) is 33.8 Å². The Hall–Kier alpha value is -0.870. The third kappa shape index (κ3) is 4.10. The molecule has 1 aromatic rings. The number of nitrogens with zero attached hydrogens (tertiary/aromatic N) is 1. The summed E-state index contributed by atoms with van der Waals surface area (Å²) >= 11 is 3.44. The Balaban J connectivity index is 2.66. The van der Waals surface area contributed by atoms with Crippen LogP contribution in [0.3, 0.4) is 0 Å². The summed E-state index contributed by atoms with van der Waals surface area (Å²) < 4.78 is 6.41. The molecule has 0 saturated heterocycles. The van der Waals surface area contributed by atoms with Crippen LogP contribution in [0, 0.1) is 6.92 Å². The molecule has 0 heterocycles. The first-order chi connectivity index (χ1) is 8.43. The molecule has 1 aromatic carbocycles. The summed E-state index contributed by atoms with van der Waals surface area (Å²) in [6, 6.07) is 5.67. The van der Waals surface area contributed by atoms with E-state index in [0.717, 1.165) is 15.6 Å². The summed E-state index contributed by atoms with van der Waals surface area (Å²) in [4.78, 5) is 13.9. The third-order valence-corrected chi connectivity index (χ3v) is 3.58. The summed E-state index contributed by atoms with van der Waals surface area (Å²) in [7, 11) is 1.80. The molecular formula is C14H20BrNO2. The van der Waals surface area contributed by atoms with Crippen molar-refractivity contribution in [2.75, 3.05) is 20.2 Å². The number of rotatable bonds is 5. The van der Waals surface area contributed by atoms with E-state index in [-0.39, 0.29) is 12.0 Å². The average molecular weight is 314 g/mol. The molecule has 1 rings (SSSR count). The predicted molar refractivity (Wildman–Crippen MR) is 76.9 cm³/mol. The van der Waals surface area contributed by atoms with Crippen LogP contribution in [0.1, 0.15) is 29.8 Å². The molecule has 100 valence electrons. The van der Waals surface area contributed by atoms with Crippen molar-refractivity contribution in [1.29, 1.82) is 0 Å². The molecule has 0 radical (unpaired) electrons. The molecule has 0 spiro atoms. The molecule has 18 heavy (non-hydrogen) atoms. The van der Waals surface area contributed by atoms with Gasteiger partial charge < -0.3 is 9.64 Å². The van der Waals surface area contributed by atoms with Gasteiger partial charge in [0.05, 0.1) is 12.7 Å². The monoisotopic (exact) mass is 313 g/mol. The molecule has 0 aliphatic rings. The lowest BCUT2D eigenvalue weighted by Gasteiger charge is -2.19. The Morgan fingerprint density at radius 1 is 1.44 bits per heavy atom. The van der Waals surface area contributed by atoms with Gasteiger partial charge in [-0.05, 0) is 38.5 Å². The summed E-state index contributed by atoms with van der Waals surface area (Å²) in [6.45, 7) is 7.08. The fourth-order valence-electron chi connectivity index (χ4n) is 1.57. The van der Waals surface area contributed by atoms with E-state index in [4.69, 9.17) is 4.74 Å². The highest BCUT2D eigenvalue weighted by molar-refractivity contribution is 9.10. The second kappa shape index (κ2) is 6.90. The summed E-state index contributed by atoms with van der Waals surface area (Å²) in [5, 5.41) is 0. The van der Waals surface area contributed by atoms with Crippen LogP contribution in [0.4, 0.5) is 0 Å². The van der Waals surface area contributed by atoms with Crippen LogP contribution in [-0.4, -0.2) is 37.1 Å². The van der Waals surface area contributed by atoms with Gasteiger partial charge in [-0.25, -0.2) is 0 Å². The fraction of sp³-hybridized carbons (Fsp3) is 0.500. The first kappa shape index (κ1) is 15.2. The normalized spacial score (nSPS) is 10.8. The van der Waals surface area contributed by atoms with Crippen LogP contribution >= 0.6 is 15.9 Å². The molecule has 0 aromatic heterocycles. The van der Waals surface area contributed by atoms with Crippen molar-refractivity contribution in [3.63, 3.8) is 0 Å². The zero-order valence-corrected chi connectivity index (χ0v) is 13.0. The SMILES string of the molecule is Cc1c(Br)cccc1C(=O)N(C)CCOC(C)C. The standard InChI is InChI=1S/C14H20BrNO2/c1-10(2)18-9-8-16(4)14(17)12-6-5-7-13(15)11(12)3/h5-7,10H,8-9H2,1-4H3. The molecule has 0 aliphatic heterocycles. The number of benzene rings is 1. The number of amides is 1. The molecule has 0 fully saturated rings. The number of ether oxygens (including phenoxy) is 1. The lowest BCUT2D eigenvalue weighted by atomic mass is 10.1. The van der Waals surface area contributed by atoms with Gasteiger partial charge >= 0.3 is 0 Å². The Morgan fingerprint density at radius 3 is 2.72 bits per heavy atom. The lowest BCUT2D eigenvalue weighted by molar-refractivity contribution is 0.0531. The van der Waals surface area contributed by atoms with Gasteiger partial charge in [-0.2, -0.15) is 0 Å². The smallest absolute Gasteiger partial charge is 0.253 e. The minimum atomic E-state index is 0.0288. The van der Waals surface area contributed by atoms with Crippen molar-refractivity contribution in [1.82, 2.24) is 4.90 Å². The van der Waals surface area contributed by atoms with Crippen LogP contribution in [0.5, 0.6) is 0 Å². The van der Waals surface area contributed by atoms with Crippen LogP contribution in [0.2, 0.25) is 0 Å². The molecule has 3 nitrogen and oxygen atoms in total. The van der Waals surface area contributed by atoms with E-state index in [1.54, 1.807) is 11.9 Å². The zero-order chi connectivity index (χ0) is 13.7. The van der Waals surface area contributed by atoms with E-state index in [1.165, 1.54) is 0 Å². The van der Waals surface area contributed by atoms with Gasteiger partial charge in [-0.3, -0.25) is 4.79 Å². The van der Waals surface area contributed by atoms with Gasteiger partial charge in [-0.1, -0.05) is 22.0 Å². The second-order valence-electron chi connectivity index (χ2n) is 4.56. The van der Waals surface area contributed by atoms with Gasteiger partial charge in [0.1, 0.15) is 0 Å². The largest absolute Gasteiger partial charge is 0.377 e. The van der Waals surface area contributed by atoms with Gasteiger partial charge in [0.25, 0.3) is 5.91 Å². The highest BCUT2D eigenvalue weighted by Gasteiger charge is 2.15. The van der Waals surface area contributed by atoms with Crippen molar-refractivity contribution < 1.29 is 9.53 Å². The molecule has 0 unspecified atom stereocenters. The van der Waals surface area contributed by atoms with Crippen molar-refractivity contribution >= 4 is 21.8 Å². The zero-order valence-electron chi connectivity index (χ0n) is 11.4. The molecule has 0 N–H and O–H groups in total. The third-order valence-electron chi connectivity index (χ3n) is 2.72. The van der Waals surface area contributed by atoms with Gasteiger partial charge in [0, 0.05) is 23.6 Å². The topological polar surface area (TPSA) is 29.5 Å². The number of carbonyl (C=O) groups is 1. The number of hydrogen-bond acceptors (Lipinski definition) is 2. The lowest BCUT2D eigenvalue weighted by Crippen LogP contribution is -2.31. The van der Waals surface area contributed by atoms with E-state index in [1.807, 2.05) is 39.0 Å². The average Bonchev–Trinajstić information content (AvgIpc) is 2.31. The Bertz CT molecular complexity index is 418. The maximum atomic E-state index is 12.2. The van der Waals surface area contributed by atoms with Crippen molar-refractivity contribution in [2.24, 2.45) is 0 Å². The van der Waals surface area contributed by atoms with E-state index >= 15 is 0 Å². The Kier molecular flexibility index (Phi) is 5.82. The number of carbonyl (C=O) groups excluding carboxylic acids is 1. The predicted octanol–water partition coefficient (Wildman–Crippen LogP) is 3.25. The number of likely N-dealkylation sites (N-methyl/N-ethyl adjacent to an activating group) is 1. The first-order valence-electron chi connectivity index (χ1n) is 6.05. The Labute approximate surface area is 117 Å². The van der Waals surface area contributed by atoms with E-state index < -0.39 is 0 Å². The van der Waals surface area contributed by atoms with Crippen LogP contribution < -0.4 is 0 Å². The van der Waals surface area contributed by atoms with E-state index in [2.05, 4.69) is 15.9 Å². The van der Waals surface area contributed by atoms with E-state index in [0.29, 0.717) is 13.2 Å². The molecule has 0 aliphatic carbocycles. The highest BCUT2D eigenvalue weighted by atomic mass is 79.9. The van der Waals surface area contributed by atoms with Crippen molar-refractivity contribution in [2.45, 2.75) is 26.9 Å². The molecule has 1 amide bonds. The molecular weight excluding hydrogens is 294 g/mol. The van der Waals surface area contributed by atoms with Gasteiger partial charge in [0.2, 0.25) is 0 Å². The summed E-state index contributed by atoms with van der Waals surface area (Å²) in [6.07, 6.45) is 0.195. The first-order valence-corrected chi connectivity index (χ1v) is 6.85. The van der Waals surface area contributed by atoms with Crippen molar-refractivity contribution in [3.8, 4) is 0 Å². The van der Waals surface area contributed by atoms with Gasteiger partial charge in [-0.15, -0.1) is 0 Å². The van der Waals surface area contributed by atoms with Crippen LogP contribution in [0.25, 0.3) is 0 Å². The van der Waals surface area contributed by atoms with Crippen LogP contribution in [0.15, 0.2) is 22.7 Å². The highest BCUT2D eigenvalue weighted by Crippen LogP contribution is 2.20. The maximum Gasteiger partial charge on any atom is 0.253 e. The van der Waals surface area contributed by atoms with Crippen LogP contribution in [-0.2, 0) is 4.74 Å². The van der Waals surface area contributed by atoms with Gasteiger partial charge in [0.15, 0.2) is 0 Å². The Morgan fingerprint density at radius 2 is 2.11 bits per heavy atom. The van der Waals surface area contributed by atoms with E-state index in [9.17, 15) is 4.79 Å². The molecule has 4 heteroatoms. The molecule has 0 saturated carbocycles.